The smallest absolute Gasteiger partial charge is 0.124 e. The monoisotopic (exact) mass is 224 g/mol. The van der Waals surface area contributed by atoms with Gasteiger partial charge in [0.15, 0.2) is 0 Å². The van der Waals surface area contributed by atoms with E-state index in [1.54, 1.807) is 0 Å². The maximum Gasteiger partial charge on any atom is 0.124 e. The van der Waals surface area contributed by atoms with E-state index in [2.05, 4.69) is 32.9 Å². The molecule has 82 valence electrons. The number of ether oxygens (including phenoxy) is 1. The van der Waals surface area contributed by atoms with Crippen LogP contribution in [0.3, 0.4) is 0 Å². The fourth-order valence-corrected chi connectivity index (χ4v) is 2.58. The zero-order valence-electron chi connectivity index (χ0n) is 9.51. The summed E-state index contributed by atoms with van der Waals surface area (Å²) in [7, 11) is 0. The van der Waals surface area contributed by atoms with Gasteiger partial charge in [0.2, 0.25) is 0 Å². The van der Waals surface area contributed by atoms with Crippen molar-refractivity contribution in [3.05, 3.63) is 29.3 Å². The van der Waals surface area contributed by atoms with Crippen molar-refractivity contribution in [2.45, 2.75) is 44.6 Å². The van der Waals surface area contributed by atoms with E-state index >= 15 is 0 Å². The molecule has 0 radical (unpaired) electrons. The predicted octanol–water partition coefficient (Wildman–Crippen LogP) is 4.09. The Balaban J connectivity index is 2.41. The van der Waals surface area contributed by atoms with Crippen LogP contribution >= 0.6 is 11.6 Å². The van der Waals surface area contributed by atoms with Gasteiger partial charge in [0.25, 0.3) is 0 Å². The minimum Gasteiger partial charge on any atom is -0.487 e. The number of alkyl halides is 1. The summed E-state index contributed by atoms with van der Waals surface area (Å²) in [6.07, 6.45) is 1.91. The molecule has 0 saturated carbocycles. The second-order valence-corrected chi connectivity index (χ2v) is 5.29. The first kappa shape index (κ1) is 10.8. The summed E-state index contributed by atoms with van der Waals surface area (Å²) in [5.41, 5.74) is 2.32. The number of hydrogen-bond donors (Lipinski definition) is 0. The Bertz CT molecular complexity index is 371. The van der Waals surface area contributed by atoms with Crippen LogP contribution < -0.4 is 4.74 Å². The van der Waals surface area contributed by atoms with Crippen LogP contribution in [0.25, 0.3) is 0 Å². The quantitative estimate of drug-likeness (QED) is 0.653. The van der Waals surface area contributed by atoms with Gasteiger partial charge in [0.05, 0.1) is 5.38 Å². The van der Waals surface area contributed by atoms with E-state index in [1.165, 1.54) is 5.56 Å². The second-order valence-electron chi connectivity index (χ2n) is 4.76. The zero-order valence-corrected chi connectivity index (χ0v) is 10.3. The summed E-state index contributed by atoms with van der Waals surface area (Å²) < 4.78 is 5.90. The predicted molar refractivity (Wildman–Crippen MR) is 63.7 cm³/mol. The third-order valence-corrected chi connectivity index (χ3v) is 3.27. The fourth-order valence-electron chi connectivity index (χ4n) is 2.04. The number of rotatable bonds is 1. The van der Waals surface area contributed by atoms with E-state index in [0.717, 1.165) is 24.2 Å². The Morgan fingerprint density at radius 3 is 2.87 bits per heavy atom. The summed E-state index contributed by atoms with van der Waals surface area (Å²) in [6, 6.07) is 6.33. The van der Waals surface area contributed by atoms with Gasteiger partial charge < -0.3 is 4.74 Å². The van der Waals surface area contributed by atoms with Crippen molar-refractivity contribution in [1.82, 2.24) is 0 Å². The van der Waals surface area contributed by atoms with Crippen LogP contribution in [-0.2, 0) is 6.42 Å². The summed E-state index contributed by atoms with van der Waals surface area (Å²) >= 11 is 6.38. The van der Waals surface area contributed by atoms with Gasteiger partial charge in [-0.3, -0.25) is 0 Å². The molecule has 0 bridgehead atoms. The molecule has 0 fully saturated rings. The molecular formula is C13H17ClO. The molecule has 1 aromatic carbocycles. The minimum absolute atomic E-state index is 0.0789. The average molecular weight is 225 g/mol. The largest absolute Gasteiger partial charge is 0.487 e. The SMILES string of the molecule is CCc1ccc2c(c1)C(Cl)CC(C)(C)O2. The van der Waals surface area contributed by atoms with E-state index in [9.17, 15) is 0 Å². The van der Waals surface area contributed by atoms with Gasteiger partial charge in [-0.1, -0.05) is 19.1 Å². The van der Waals surface area contributed by atoms with Crippen molar-refractivity contribution in [3.63, 3.8) is 0 Å². The summed E-state index contributed by atoms with van der Waals surface area (Å²) in [5, 5.41) is 0.0789. The molecule has 2 heteroatoms. The molecule has 0 saturated heterocycles. The highest BCUT2D eigenvalue weighted by Gasteiger charge is 2.32. The van der Waals surface area contributed by atoms with Crippen LogP contribution in [0.5, 0.6) is 5.75 Å². The fraction of sp³-hybridized carbons (Fsp3) is 0.538. The lowest BCUT2D eigenvalue weighted by Gasteiger charge is -2.35. The van der Waals surface area contributed by atoms with Gasteiger partial charge in [0.1, 0.15) is 11.4 Å². The maximum absolute atomic E-state index is 6.38. The van der Waals surface area contributed by atoms with Crippen molar-refractivity contribution in [1.29, 1.82) is 0 Å². The van der Waals surface area contributed by atoms with E-state index in [0.29, 0.717) is 0 Å². The summed E-state index contributed by atoms with van der Waals surface area (Å²) in [6.45, 7) is 6.32. The third kappa shape index (κ3) is 2.12. The number of hydrogen-bond acceptors (Lipinski definition) is 1. The van der Waals surface area contributed by atoms with Crippen LogP contribution in [0.2, 0.25) is 0 Å². The molecular weight excluding hydrogens is 208 g/mol. The highest BCUT2D eigenvalue weighted by atomic mass is 35.5. The first-order valence-corrected chi connectivity index (χ1v) is 5.91. The molecule has 0 spiro atoms. The molecule has 2 rings (SSSR count). The van der Waals surface area contributed by atoms with E-state index < -0.39 is 0 Å². The molecule has 1 aliphatic heterocycles. The van der Waals surface area contributed by atoms with Crippen molar-refractivity contribution in [3.8, 4) is 5.75 Å². The first-order chi connectivity index (χ1) is 7.02. The molecule has 1 aromatic rings. The molecule has 15 heavy (non-hydrogen) atoms. The Labute approximate surface area is 96.4 Å². The van der Waals surface area contributed by atoms with Crippen LogP contribution in [0.4, 0.5) is 0 Å². The number of halogens is 1. The van der Waals surface area contributed by atoms with Gasteiger partial charge >= 0.3 is 0 Å². The molecule has 1 aliphatic rings. The minimum atomic E-state index is -0.146. The topological polar surface area (TPSA) is 9.23 Å². The number of benzene rings is 1. The maximum atomic E-state index is 6.38. The number of fused-ring (bicyclic) bond motifs is 1. The zero-order chi connectivity index (χ0) is 11.1. The van der Waals surface area contributed by atoms with Crippen molar-refractivity contribution < 1.29 is 4.74 Å². The van der Waals surface area contributed by atoms with E-state index in [4.69, 9.17) is 16.3 Å². The Morgan fingerprint density at radius 2 is 2.20 bits per heavy atom. The average Bonchev–Trinajstić information content (AvgIpc) is 2.15. The van der Waals surface area contributed by atoms with Crippen molar-refractivity contribution in [2.75, 3.05) is 0 Å². The third-order valence-electron chi connectivity index (χ3n) is 2.88. The Hall–Kier alpha value is -0.690. The summed E-state index contributed by atoms with van der Waals surface area (Å²) in [4.78, 5) is 0. The van der Waals surface area contributed by atoms with Gasteiger partial charge in [-0.2, -0.15) is 0 Å². The molecule has 1 heterocycles. The van der Waals surface area contributed by atoms with Gasteiger partial charge in [-0.05, 0) is 31.9 Å². The van der Waals surface area contributed by atoms with Crippen molar-refractivity contribution >= 4 is 11.6 Å². The first-order valence-electron chi connectivity index (χ1n) is 5.48. The van der Waals surface area contributed by atoms with E-state index in [1.807, 2.05) is 6.07 Å². The Kier molecular flexibility index (Phi) is 2.68. The van der Waals surface area contributed by atoms with Crippen LogP contribution in [0.15, 0.2) is 18.2 Å². The van der Waals surface area contributed by atoms with Crippen molar-refractivity contribution in [2.24, 2.45) is 0 Å². The highest BCUT2D eigenvalue weighted by Crippen LogP contribution is 2.43. The number of aryl methyl sites for hydroxylation is 1. The highest BCUT2D eigenvalue weighted by molar-refractivity contribution is 6.21. The van der Waals surface area contributed by atoms with Gasteiger partial charge in [-0.25, -0.2) is 0 Å². The van der Waals surface area contributed by atoms with E-state index in [-0.39, 0.29) is 11.0 Å². The Morgan fingerprint density at radius 1 is 1.47 bits per heavy atom. The van der Waals surface area contributed by atoms with Crippen LogP contribution in [-0.4, -0.2) is 5.60 Å². The molecule has 0 N–H and O–H groups in total. The summed E-state index contributed by atoms with van der Waals surface area (Å²) in [5.74, 6) is 0.948. The normalized spacial score (nSPS) is 23.1. The van der Waals surface area contributed by atoms with Gasteiger partial charge in [0, 0.05) is 12.0 Å². The molecule has 0 amide bonds. The van der Waals surface area contributed by atoms with Gasteiger partial charge in [-0.15, -0.1) is 11.6 Å². The molecule has 0 aromatic heterocycles. The van der Waals surface area contributed by atoms with Crippen LogP contribution in [0.1, 0.15) is 43.7 Å². The molecule has 1 unspecified atom stereocenters. The molecule has 0 aliphatic carbocycles. The molecule has 1 atom stereocenters. The second kappa shape index (κ2) is 3.71. The lowest BCUT2D eigenvalue weighted by Crippen LogP contribution is -2.33. The lowest BCUT2D eigenvalue weighted by atomic mass is 9.92. The molecule has 1 nitrogen and oxygen atoms in total. The standard InChI is InChI=1S/C13H17ClO/c1-4-9-5-6-12-10(7-9)11(14)8-13(2,3)15-12/h5-7,11H,4,8H2,1-3H3. The van der Waals surface area contributed by atoms with Crippen LogP contribution in [0, 0.1) is 0 Å². The lowest BCUT2D eigenvalue weighted by molar-refractivity contribution is 0.0825.